The number of rotatable bonds is 8. The van der Waals surface area contributed by atoms with Gasteiger partial charge in [0, 0.05) is 60.8 Å². The van der Waals surface area contributed by atoms with Gasteiger partial charge in [0.2, 0.25) is 0 Å². The van der Waals surface area contributed by atoms with Gasteiger partial charge in [0.05, 0.1) is 16.8 Å². The van der Waals surface area contributed by atoms with Crippen molar-refractivity contribution in [2.75, 3.05) is 63.6 Å². The van der Waals surface area contributed by atoms with Gasteiger partial charge in [0.15, 0.2) is 11.6 Å². The van der Waals surface area contributed by atoms with Crippen LogP contribution in [0, 0.1) is 5.82 Å². The number of amides is 5. The Kier molecular flexibility index (Phi) is 9.13. The molecule has 238 valence electrons. The summed E-state index contributed by atoms with van der Waals surface area (Å²) < 4.78 is 27.3. The Morgan fingerprint density at radius 1 is 1.04 bits per heavy atom. The highest BCUT2D eigenvalue weighted by atomic mass is 32.1. The molecule has 0 aliphatic carbocycles. The Morgan fingerprint density at radius 2 is 1.87 bits per heavy atom. The van der Waals surface area contributed by atoms with Crippen LogP contribution in [0.25, 0.3) is 15.8 Å². The molecule has 6 rings (SSSR count). The molecule has 4 heterocycles. The van der Waals surface area contributed by atoms with Crippen molar-refractivity contribution in [2.24, 2.45) is 0 Å². The molecule has 1 fully saturated rings. The average Bonchev–Trinajstić information content (AvgIpc) is 3.67. The van der Waals surface area contributed by atoms with Crippen molar-refractivity contribution in [3.8, 4) is 11.5 Å². The number of aromatic nitrogens is 1. The van der Waals surface area contributed by atoms with Crippen LogP contribution in [0.15, 0.2) is 72.9 Å². The molecule has 2 aliphatic rings. The van der Waals surface area contributed by atoms with Crippen LogP contribution >= 0.6 is 11.3 Å². The van der Waals surface area contributed by atoms with E-state index in [4.69, 9.17) is 9.47 Å². The molecule has 1 saturated heterocycles. The van der Waals surface area contributed by atoms with Crippen molar-refractivity contribution in [3.05, 3.63) is 83.6 Å². The SMILES string of the molecule is CN(C)CCOC(=O)N1CC=C(c2cc3nccc(Oc4ccc(NC(=O)N5CCN(c6ccccc6)C5=O)cc4F)c3s2)CC1. The largest absolute Gasteiger partial charge is 0.453 e. The second-order valence-corrected chi connectivity index (χ2v) is 12.1. The molecule has 2 aliphatic heterocycles. The minimum absolute atomic E-state index is 0.0201. The summed E-state index contributed by atoms with van der Waals surface area (Å²) in [5, 5.41) is 2.61. The summed E-state index contributed by atoms with van der Waals surface area (Å²) in [7, 11) is 3.85. The highest BCUT2D eigenvalue weighted by molar-refractivity contribution is 7.20. The van der Waals surface area contributed by atoms with Crippen LogP contribution in [0.4, 0.5) is 30.1 Å². The van der Waals surface area contributed by atoms with Gasteiger partial charge in [0.1, 0.15) is 12.4 Å². The van der Waals surface area contributed by atoms with Crippen molar-refractivity contribution in [2.45, 2.75) is 6.42 Å². The zero-order valence-corrected chi connectivity index (χ0v) is 26.3. The number of likely N-dealkylation sites (N-methyl/N-ethyl adjacent to an activating group) is 1. The molecule has 2 aromatic carbocycles. The van der Waals surface area contributed by atoms with E-state index >= 15 is 4.39 Å². The van der Waals surface area contributed by atoms with Crippen LogP contribution < -0.4 is 15.0 Å². The summed E-state index contributed by atoms with van der Waals surface area (Å²) in [6.45, 7) is 2.58. The van der Waals surface area contributed by atoms with Gasteiger partial charge in [-0.25, -0.2) is 23.7 Å². The van der Waals surface area contributed by atoms with E-state index in [1.807, 2.05) is 49.3 Å². The van der Waals surface area contributed by atoms with Gasteiger partial charge in [-0.2, -0.15) is 0 Å². The molecule has 0 saturated carbocycles. The number of anilines is 2. The fraction of sp³-hybridized carbons (Fsp3) is 0.273. The summed E-state index contributed by atoms with van der Waals surface area (Å²) in [4.78, 5) is 49.8. The number of pyridine rings is 1. The topological polar surface area (TPSA) is 108 Å². The molecule has 2 aromatic heterocycles. The summed E-state index contributed by atoms with van der Waals surface area (Å²) in [5.41, 5.74) is 2.71. The van der Waals surface area contributed by atoms with E-state index in [1.54, 1.807) is 29.3 Å². The maximum Gasteiger partial charge on any atom is 0.410 e. The number of halogens is 1. The van der Waals surface area contributed by atoms with E-state index in [9.17, 15) is 14.4 Å². The number of carbonyl (C=O) groups excluding carboxylic acids is 3. The number of carbonyl (C=O) groups is 3. The number of nitrogens with one attached hydrogen (secondary N) is 1. The van der Waals surface area contributed by atoms with Crippen molar-refractivity contribution in [1.82, 2.24) is 19.7 Å². The molecule has 11 nitrogen and oxygen atoms in total. The molecule has 4 aromatic rings. The Bertz CT molecular complexity index is 1800. The number of hydrogen-bond acceptors (Lipinski definition) is 8. The van der Waals surface area contributed by atoms with Crippen LogP contribution in [0.1, 0.15) is 11.3 Å². The Balaban J connectivity index is 1.09. The number of fused-ring (bicyclic) bond motifs is 1. The smallest absolute Gasteiger partial charge is 0.410 e. The molecule has 0 unspecified atom stereocenters. The van der Waals surface area contributed by atoms with E-state index in [0.717, 1.165) is 26.1 Å². The first kappa shape index (κ1) is 31.0. The first-order chi connectivity index (χ1) is 22.3. The molecule has 13 heteroatoms. The third-order valence-corrected chi connectivity index (χ3v) is 8.86. The maximum atomic E-state index is 15.2. The van der Waals surface area contributed by atoms with Gasteiger partial charge in [0.25, 0.3) is 0 Å². The molecule has 0 atom stereocenters. The third-order valence-electron chi connectivity index (χ3n) is 7.65. The van der Waals surface area contributed by atoms with Gasteiger partial charge in [-0.15, -0.1) is 11.3 Å². The van der Waals surface area contributed by atoms with Gasteiger partial charge in [-0.1, -0.05) is 24.3 Å². The first-order valence-corrected chi connectivity index (χ1v) is 15.7. The predicted octanol–water partition coefficient (Wildman–Crippen LogP) is 6.49. The number of imide groups is 1. The molecule has 0 radical (unpaired) electrons. The normalized spacial score (nSPS) is 15.0. The van der Waals surface area contributed by atoms with E-state index < -0.39 is 17.9 Å². The molecule has 0 spiro atoms. The molecule has 46 heavy (non-hydrogen) atoms. The monoisotopic (exact) mass is 644 g/mol. The second-order valence-electron chi connectivity index (χ2n) is 11.1. The summed E-state index contributed by atoms with van der Waals surface area (Å²) in [5.74, 6) is -0.248. The van der Waals surface area contributed by atoms with Gasteiger partial charge >= 0.3 is 18.2 Å². The van der Waals surface area contributed by atoms with Gasteiger partial charge in [-0.05, 0) is 56.4 Å². The number of urea groups is 2. The molecular formula is C33H33FN6O5S. The fourth-order valence-electron chi connectivity index (χ4n) is 5.16. The van der Waals surface area contributed by atoms with Crippen LogP contribution in [-0.4, -0.2) is 91.3 Å². The minimum Gasteiger partial charge on any atom is -0.453 e. The van der Waals surface area contributed by atoms with Crippen molar-refractivity contribution in [1.29, 1.82) is 0 Å². The van der Waals surface area contributed by atoms with Crippen LogP contribution in [0.3, 0.4) is 0 Å². The summed E-state index contributed by atoms with van der Waals surface area (Å²) in [6, 6.07) is 15.8. The van der Waals surface area contributed by atoms with Crippen LogP contribution in [0.5, 0.6) is 11.5 Å². The molecule has 1 N–H and O–H groups in total. The quantitative estimate of drug-likeness (QED) is 0.234. The van der Waals surface area contributed by atoms with E-state index in [-0.39, 0.29) is 24.1 Å². The van der Waals surface area contributed by atoms with Crippen molar-refractivity contribution >= 4 is 56.7 Å². The summed E-state index contributed by atoms with van der Waals surface area (Å²) >= 11 is 1.49. The number of ether oxygens (including phenoxy) is 2. The average molecular weight is 645 g/mol. The lowest BCUT2D eigenvalue weighted by Gasteiger charge is -2.25. The highest BCUT2D eigenvalue weighted by Crippen LogP contribution is 2.39. The number of hydrogen-bond donors (Lipinski definition) is 1. The maximum absolute atomic E-state index is 15.2. The lowest BCUT2D eigenvalue weighted by atomic mass is 10.1. The lowest BCUT2D eigenvalue weighted by Crippen LogP contribution is -2.39. The van der Waals surface area contributed by atoms with E-state index in [2.05, 4.69) is 10.3 Å². The van der Waals surface area contributed by atoms with E-state index in [0.29, 0.717) is 56.2 Å². The zero-order chi connectivity index (χ0) is 32.2. The Hall–Kier alpha value is -5.01. The number of thiophene rings is 1. The standard InChI is InChI=1S/C33H33FN6O5S/c1-37(2)18-19-44-33(43)38-14-11-22(12-15-38)29-21-26-30(46-29)28(10-13-35-26)45-27-9-8-23(20-25(27)34)36-31(41)40-17-16-39(32(40)42)24-6-4-3-5-7-24/h3-11,13,20-21H,12,14-19H2,1-2H3,(H,36,41). The third kappa shape index (κ3) is 6.80. The number of nitrogens with zero attached hydrogens (tertiary/aromatic N) is 5. The number of para-hydroxylation sites is 1. The van der Waals surface area contributed by atoms with Crippen molar-refractivity contribution < 1.29 is 28.2 Å². The lowest BCUT2D eigenvalue weighted by molar-refractivity contribution is 0.0995. The molecular weight excluding hydrogens is 611 g/mol. The Morgan fingerprint density at radius 3 is 2.61 bits per heavy atom. The van der Waals surface area contributed by atoms with Crippen LogP contribution in [-0.2, 0) is 4.74 Å². The first-order valence-electron chi connectivity index (χ1n) is 14.8. The predicted molar refractivity (Wildman–Crippen MR) is 175 cm³/mol. The zero-order valence-electron chi connectivity index (χ0n) is 25.4. The van der Waals surface area contributed by atoms with Gasteiger partial charge < -0.3 is 24.6 Å². The highest BCUT2D eigenvalue weighted by Gasteiger charge is 2.34. The minimum atomic E-state index is -0.675. The van der Waals surface area contributed by atoms with E-state index in [1.165, 1.54) is 28.4 Å². The van der Waals surface area contributed by atoms with Crippen LogP contribution in [0.2, 0.25) is 0 Å². The number of benzene rings is 2. The molecule has 0 bridgehead atoms. The second kappa shape index (κ2) is 13.5. The molecule has 5 amide bonds. The summed E-state index contributed by atoms with van der Waals surface area (Å²) in [6.07, 6.45) is 3.97. The van der Waals surface area contributed by atoms with Crippen molar-refractivity contribution in [3.63, 3.8) is 0 Å². The fourth-order valence-corrected chi connectivity index (χ4v) is 6.30. The Labute approximate surface area is 269 Å². The van der Waals surface area contributed by atoms with Gasteiger partial charge in [-0.3, -0.25) is 9.88 Å².